The molecule has 0 saturated carbocycles. The Kier molecular flexibility index (Phi) is 7.36. The van der Waals surface area contributed by atoms with Crippen molar-refractivity contribution in [2.45, 2.75) is 39.7 Å². The third-order valence-corrected chi connectivity index (χ3v) is 5.88. The van der Waals surface area contributed by atoms with E-state index in [1.807, 2.05) is 44.2 Å². The summed E-state index contributed by atoms with van der Waals surface area (Å²) in [6.07, 6.45) is 0.978. The van der Waals surface area contributed by atoms with Crippen LogP contribution in [0.3, 0.4) is 0 Å². The highest BCUT2D eigenvalue weighted by molar-refractivity contribution is 7.18. The first-order valence-corrected chi connectivity index (χ1v) is 11.0. The van der Waals surface area contributed by atoms with E-state index in [9.17, 15) is 9.59 Å². The van der Waals surface area contributed by atoms with Crippen LogP contribution in [0.15, 0.2) is 54.6 Å². The number of rotatable bonds is 8. The van der Waals surface area contributed by atoms with E-state index in [0.717, 1.165) is 33.1 Å². The number of thiazole rings is 1. The molecule has 5 nitrogen and oxygen atoms in total. The quantitative estimate of drug-likeness (QED) is 0.568. The molecule has 2 aromatic carbocycles. The van der Waals surface area contributed by atoms with Crippen molar-refractivity contribution in [2.24, 2.45) is 0 Å². The van der Waals surface area contributed by atoms with E-state index < -0.39 is 6.04 Å². The molecule has 2 N–H and O–H groups in total. The van der Waals surface area contributed by atoms with Crippen LogP contribution in [-0.4, -0.2) is 29.4 Å². The summed E-state index contributed by atoms with van der Waals surface area (Å²) in [5.41, 5.74) is 3.96. The highest BCUT2D eigenvalue weighted by Gasteiger charge is 2.20. The normalized spacial score (nSPS) is 11.7. The summed E-state index contributed by atoms with van der Waals surface area (Å²) in [5, 5.41) is 6.47. The van der Waals surface area contributed by atoms with Gasteiger partial charge >= 0.3 is 0 Å². The van der Waals surface area contributed by atoms with Gasteiger partial charge in [-0.2, -0.15) is 0 Å². The van der Waals surface area contributed by atoms with E-state index in [1.165, 1.54) is 5.56 Å². The molecule has 1 atom stereocenters. The van der Waals surface area contributed by atoms with Gasteiger partial charge in [0, 0.05) is 12.1 Å². The molecule has 30 heavy (non-hydrogen) atoms. The van der Waals surface area contributed by atoms with Crippen molar-refractivity contribution < 1.29 is 9.59 Å². The van der Waals surface area contributed by atoms with Crippen LogP contribution in [0.2, 0.25) is 0 Å². The summed E-state index contributed by atoms with van der Waals surface area (Å²) in [6.45, 7) is 6.33. The summed E-state index contributed by atoms with van der Waals surface area (Å²) < 4.78 is 0. The molecule has 156 valence electrons. The molecule has 3 aromatic rings. The predicted octanol–water partition coefficient (Wildman–Crippen LogP) is 4.36. The summed E-state index contributed by atoms with van der Waals surface area (Å²) in [4.78, 5) is 30.5. The Hall–Kier alpha value is -2.99. The zero-order valence-electron chi connectivity index (χ0n) is 17.6. The SMILES string of the molecule is CCCNC(=O)[C@H](C)NC(=O)Cc1nc(-c2ccccc2)sc1-c1ccc(C)cc1. The van der Waals surface area contributed by atoms with E-state index in [-0.39, 0.29) is 18.2 Å². The Morgan fingerprint density at radius 1 is 1.03 bits per heavy atom. The van der Waals surface area contributed by atoms with Gasteiger partial charge in [-0.1, -0.05) is 67.1 Å². The third-order valence-electron chi connectivity index (χ3n) is 4.68. The Balaban J connectivity index is 1.83. The first-order valence-electron chi connectivity index (χ1n) is 10.2. The Bertz CT molecular complexity index is 997. The second-order valence-electron chi connectivity index (χ2n) is 7.28. The molecule has 2 amide bonds. The third kappa shape index (κ3) is 5.54. The van der Waals surface area contributed by atoms with Crippen LogP contribution >= 0.6 is 11.3 Å². The highest BCUT2D eigenvalue weighted by Crippen LogP contribution is 2.35. The van der Waals surface area contributed by atoms with E-state index in [1.54, 1.807) is 18.3 Å². The van der Waals surface area contributed by atoms with Crippen molar-refractivity contribution in [3.63, 3.8) is 0 Å². The maximum Gasteiger partial charge on any atom is 0.242 e. The number of hydrogen-bond donors (Lipinski definition) is 2. The molecular weight excluding hydrogens is 394 g/mol. The van der Waals surface area contributed by atoms with Crippen LogP contribution < -0.4 is 10.6 Å². The van der Waals surface area contributed by atoms with Crippen molar-refractivity contribution >= 4 is 23.2 Å². The number of aromatic nitrogens is 1. The number of hydrogen-bond acceptors (Lipinski definition) is 4. The second kappa shape index (κ2) is 10.2. The van der Waals surface area contributed by atoms with Crippen molar-refractivity contribution in [2.75, 3.05) is 6.54 Å². The maximum atomic E-state index is 12.7. The number of aryl methyl sites for hydroxylation is 1. The van der Waals surface area contributed by atoms with Gasteiger partial charge in [0.15, 0.2) is 0 Å². The molecular formula is C24H27N3O2S. The molecule has 0 saturated heterocycles. The zero-order valence-corrected chi connectivity index (χ0v) is 18.4. The minimum atomic E-state index is -0.584. The molecule has 1 aromatic heterocycles. The van der Waals surface area contributed by atoms with Gasteiger partial charge in [-0.25, -0.2) is 4.98 Å². The lowest BCUT2D eigenvalue weighted by molar-refractivity contribution is -0.128. The van der Waals surface area contributed by atoms with Crippen LogP contribution in [0.4, 0.5) is 0 Å². The van der Waals surface area contributed by atoms with Crippen molar-refractivity contribution in [1.82, 2.24) is 15.6 Å². The molecule has 0 spiro atoms. The summed E-state index contributed by atoms with van der Waals surface area (Å²) in [6, 6.07) is 17.6. The van der Waals surface area contributed by atoms with Gasteiger partial charge in [0.05, 0.1) is 17.0 Å². The molecule has 0 aliphatic heterocycles. The van der Waals surface area contributed by atoms with E-state index in [0.29, 0.717) is 6.54 Å². The van der Waals surface area contributed by atoms with Crippen molar-refractivity contribution in [1.29, 1.82) is 0 Å². The van der Waals surface area contributed by atoms with E-state index in [2.05, 4.69) is 34.9 Å². The minimum absolute atomic E-state index is 0.123. The molecule has 0 aliphatic carbocycles. The molecule has 1 heterocycles. The first kappa shape index (κ1) is 21.7. The average molecular weight is 422 g/mol. The standard InChI is InChI=1S/C24H27N3O2S/c1-4-14-25-23(29)17(3)26-21(28)15-20-22(18-12-10-16(2)11-13-18)30-24(27-20)19-8-6-5-7-9-19/h5-13,17H,4,14-15H2,1-3H3,(H,25,29)(H,26,28)/t17-/m0/s1. The number of nitrogens with one attached hydrogen (secondary N) is 2. The largest absolute Gasteiger partial charge is 0.354 e. The summed E-state index contributed by atoms with van der Waals surface area (Å²) in [5.74, 6) is -0.389. The van der Waals surface area contributed by atoms with Crippen molar-refractivity contribution in [3.05, 3.63) is 65.9 Å². The Labute approximate surface area is 181 Å². The fourth-order valence-electron chi connectivity index (χ4n) is 3.02. The maximum absolute atomic E-state index is 12.7. The fraction of sp³-hybridized carbons (Fsp3) is 0.292. The van der Waals surface area contributed by atoms with Gasteiger partial charge in [-0.05, 0) is 25.8 Å². The average Bonchev–Trinajstić information content (AvgIpc) is 3.16. The van der Waals surface area contributed by atoms with Crippen LogP contribution in [0.5, 0.6) is 0 Å². The lowest BCUT2D eigenvalue weighted by Crippen LogP contribution is -2.45. The van der Waals surface area contributed by atoms with Gasteiger partial charge in [0.25, 0.3) is 0 Å². The van der Waals surface area contributed by atoms with Crippen LogP contribution in [-0.2, 0) is 16.0 Å². The van der Waals surface area contributed by atoms with Gasteiger partial charge in [0.2, 0.25) is 11.8 Å². The second-order valence-corrected chi connectivity index (χ2v) is 8.28. The van der Waals surface area contributed by atoms with Gasteiger partial charge in [-0.3, -0.25) is 9.59 Å². The molecule has 0 fully saturated rings. The number of carbonyl (C=O) groups is 2. The van der Waals surface area contributed by atoms with Gasteiger partial charge in [0.1, 0.15) is 11.0 Å². The van der Waals surface area contributed by atoms with Crippen LogP contribution in [0.25, 0.3) is 21.0 Å². The molecule has 0 aliphatic rings. The summed E-state index contributed by atoms with van der Waals surface area (Å²) in [7, 11) is 0. The molecule has 0 radical (unpaired) electrons. The monoisotopic (exact) mass is 421 g/mol. The van der Waals surface area contributed by atoms with Crippen LogP contribution in [0.1, 0.15) is 31.5 Å². The Morgan fingerprint density at radius 3 is 2.40 bits per heavy atom. The molecule has 6 heteroatoms. The van der Waals surface area contributed by atoms with Crippen molar-refractivity contribution in [3.8, 4) is 21.0 Å². The fourth-order valence-corrected chi connectivity index (χ4v) is 4.11. The zero-order chi connectivity index (χ0) is 21.5. The molecule has 0 bridgehead atoms. The van der Waals surface area contributed by atoms with E-state index in [4.69, 9.17) is 4.98 Å². The molecule has 0 unspecified atom stereocenters. The predicted molar refractivity (Wildman–Crippen MR) is 122 cm³/mol. The van der Waals surface area contributed by atoms with Gasteiger partial charge < -0.3 is 10.6 Å². The van der Waals surface area contributed by atoms with E-state index >= 15 is 0 Å². The topological polar surface area (TPSA) is 71.1 Å². The lowest BCUT2D eigenvalue weighted by Gasteiger charge is -2.13. The highest BCUT2D eigenvalue weighted by atomic mass is 32.1. The number of amides is 2. The Morgan fingerprint density at radius 2 is 1.73 bits per heavy atom. The lowest BCUT2D eigenvalue weighted by atomic mass is 10.1. The number of nitrogens with zero attached hydrogens (tertiary/aromatic N) is 1. The minimum Gasteiger partial charge on any atom is -0.354 e. The number of carbonyl (C=O) groups excluding carboxylic acids is 2. The van der Waals surface area contributed by atoms with Gasteiger partial charge in [-0.15, -0.1) is 11.3 Å². The molecule has 3 rings (SSSR count). The first-order chi connectivity index (χ1) is 14.5. The summed E-state index contributed by atoms with van der Waals surface area (Å²) >= 11 is 1.58. The van der Waals surface area contributed by atoms with Crippen LogP contribution in [0, 0.1) is 6.92 Å². The number of benzene rings is 2. The smallest absolute Gasteiger partial charge is 0.242 e.